The number of terminal acetylenes is 1. The second-order valence-corrected chi connectivity index (χ2v) is 9.18. The first-order valence-corrected chi connectivity index (χ1v) is 7.39. The fourth-order valence-corrected chi connectivity index (χ4v) is 6.12. The SMILES string of the molecule is C#CCS[Si](C(C)C)C(C)C. The van der Waals surface area contributed by atoms with Gasteiger partial charge < -0.3 is 0 Å². The minimum atomic E-state index is -0.267. The minimum Gasteiger partial charge on any atom is -0.174 e. The zero-order valence-corrected chi connectivity index (χ0v) is 9.66. The van der Waals surface area contributed by atoms with Crippen molar-refractivity contribution < 1.29 is 0 Å². The smallest absolute Gasteiger partial charge is 0.128 e. The van der Waals surface area contributed by atoms with E-state index in [9.17, 15) is 0 Å². The lowest BCUT2D eigenvalue weighted by molar-refractivity contribution is 0.963. The van der Waals surface area contributed by atoms with Crippen LogP contribution in [-0.4, -0.2) is 13.7 Å². The number of hydrogen-bond donors (Lipinski definition) is 0. The van der Waals surface area contributed by atoms with E-state index >= 15 is 0 Å². The summed E-state index contributed by atoms with van der Waals surface area (Å²) in [6.07, 6.45) is 5.22. The van der Waals surface area contributed by atoms with Gasteiger partial charge in [-0.15, -0.1) is 6.42 Å². The molecular formula is C9H17SSi. The molecule has 1 radical (unpaired) electrons. The van der Waals surface area contributed by atoms with E-state index < -0.39 is 0 Å². The number of hydrogen-bond acceptors (Lipinski definition) is 1. The monoisotopic (exact) mass is 185 g/mol. The summed E-state index contributed by atoms with van der Waals surface area (Å²) in [4.78, 5) is 0. The molecule has 0 saturated carbocycles. The van der Waals surface area contributed by atoms with Gasteiger partial charge >= 0.3 is 0 Å². The second-order valence-electron chi connectivity index (χ2n) is 3.20. The van der Waals surface area contributed by atoms with Crippen molar-refractivity contribution >= 4 is 19.2 Å². The van der Waals surface area contributed by atoms with Crippen molar-refractivity contribution in [3.05, 3.63) is 0 Å². The highest BCUT2D eigenvalue weighted by Gasteiger charge is 2.19. The average molecular weight is 185 g/mol. The van der Waals surface area contributed by atoms with Crippen LogP contribution in [0.15, 0.2) is 0 Å². The van der Waals surface area contributed by atoms with Crippen molar-refractivity contribution in [2.45, 2.75) is 38.8 Å². The van der Waals surface area contributed by atoms with E-state index in [1.807, 2.05) is 11.2 Å². The zero-order chi connectivity index (χ0) is 8.85. The van der Waals surface area contributed by atoms with Gasteiger partial charge in [0.05, 0.1) is 0 Å². The summed E-state index contributed by atoms with van der Waals surface area (Å²) in [5.74, 6) is 3.59. The first kappa shape index (κ1) is 11.1. The minimum absolute atomic E-state index is 0.267. The standard InChI is InChI=1S/C9H17SSi/c1-6-7-10-11(8(2)3)9(4)5/h1,8-9H,7H2,2-5H3. The van der Waals surface area contributed by atoms with E-state index in [4.69, 9.17) is 6.42 Å². The molecule has 0 aromatic heterocycles. The van der Waals surface area contributed by atoms with Gasteiger partial charge in [0.15, 0.2) is 0 Å². The molecule has 0 aliphatic heterocycles. The predicted octanol–water partition coefficient (Wildman–Crippen LogP) is 3.16. The summed E-state index contributed by atoms with van der Waals surface area (Å²) in [6, 6.07) is 0. The topological polar surface area (TPSA) is 0 Å². The Morgan fingerprint density at radius 3 is 2.00 bits per heavy atom. The molecule has 0 aromatic carbocycles. The molecule has 2 heteroatoms. The Morgan fingerprint density at radius 1 is 1.27 bits per heavy atom. The Bertz CT molecular complexity index is 127. The van der Waals surface area contributed by atoms with Gasteiger partial charge in [-0.2, -0.15) is 11.2 Å². The molecular weight excluding hydrogens is 168 g/mol. The Hall–Kier alpha value is 0.127. The molecule has 11 heavy (non-hydrogen) atoms. The van der Waals surface area contributed by atoms with Gasteiger partial charge in [-0.3, -0.25) is 0 Å². The van der Waals surface area contributed by atoms with Crippen molar-refractivity contribution in [3.8, 4) is 12.3 Å². The lowest BCUT2D eigenvalue weighted by Crippen LogP contribution is -2.17. The third-order valence-corrected chi connectivity index (χ3v) is 8.64. The maximum absolute atomic E-state index is 5.22. The quantitative estimate of drug-likeness (QED) is 0.479. The molecule has 0 fully saturated rings. The molecule has 0 aliphatic carbocycles. The van der Waals surface area contributed by atoms with Crippen LogP contribution in [0.2, 0.25) is 11.1 Å². The molecule has 0 amide bonds. The fraction of sp³-hybridized carbons (Fsp3) is 0.778. The second kappa shape index (κ2) is 5.74. The van der Waals surface area contributed by atoms with Crippen LogP contribution in [0.3, 0.4) is 0 Å². The van der Waals surface area contributed by atoms with Crippen LogP contribution >= 0.6 is 11.2 Å². The molecule has 0 saturated heterocycles. The Morgan fingerprint density at radius 2 is 1.73 bits per heavy atom. The molecule has 0 nitrogen and oxygen atoms in total. The maximum atomic E-state index is 5.22. The maximum Gasteiger partial charge on any atom is 0.128 e. The van der Waals surface area contributed by atoms with Crippen molar-refractivity contribution in [2.24, 2.45) is 0 Å². The molecule has 63 valence electrons. The third kappa shape index (κ3) is 4.55. The van der Waals surface area contributed by atoms with Crippen LogP contribution < -0.4 is 0 Å². The molecule has 0 rings (SSSR count). The molecule has 0 atom stereocenters. The van der Waals surface area contributed by atoms with Crippen LogP contribution in [0.25, 0.3) is 0 Å². The fourth-order valence-electron chi connectivity index (χ4n) is 1.13. The van der Waals surface area contributed by atoms with E-state index in [-0.39, 0.29) is 7.95 Å². The van der Waals surface area contributed by atoms with Crippen LogP contribution in [0.4, 0.5) is 0 Å². The lowest BCUT2D eigenvalue weighted by Gasteiger charge is -2.20. The number of rotatable bonds is 4. The normalized spacial score (nSPS) is 11.1. The molecule has 0 aromatic rings. The van der Waals surface area contributed by atoms with Crippen LogP contribution in [0, 0.1) is 12.3 Å². The molecule has 0 spiro atoms. The van der Waals surface area contributed by atoms with Crippen LogP contribution in [-0.2, 0) is 0 Å². The highest BCUT2D eigenvalue weighted by atomic mass is 32.4. The van der Waals surface area contributed by atoms with Crippen molar-refractivity contribution in [1.82, 2.24) is 0 Å². The van der Waals surface area contributed by atoms with E-state index in [1.54, 1.807) is 0 Å². The van der Waals surface area contributed by atoms with Crippen LogP contribution in [0.1, 0.15) is 27.7 Å². The van der Waals surface area contributed by atoms with Gasteiger partial charge in [-0.05, 0) is 11.1 Å². The molecule has 0 unspecified atom stereocenters. The Labute approximate surface area is 76.4 Å². The van der Waals surface area contributed by atoms with Gasteiger partial charge in [0.25, 0.3) is 0 Å². The highest BCUT2D eigenvalue weighted by Crippen LogP contribution is 2.28. The largest absolute Gasteiger partial charge is 0.174 e. The molecule has 0 N–H and O–H groups in total. The van der Waals surface area contributed by atoms with E-state index in [2.05, 4.69) is 33.6 Å². The highest BCUT2D eigenvalue weighted by molar-refractivity contribution is 8.25. The zero-order valence-electron chi connectivity index (χ0n) is 7.85. The summed E-state index contributed by atoms with van der Waals surface area (Å²) < 4.78 is 0. The molecule has 0 bridgehead atoms. The van der Waals surface area contributed by atoms with E-state index in [1.165, 1.54) is 0 Å². The molecule has 0 heterocycles. The summed E-state index contributed by atoms with van der Waals surface area (Å²) in [6.45, 7) is 9.21. The van der Waals surface area contributed by atoms with Gasteiger partial charge in [0.2, 0.25) is 0 Å². The summed E-state index contributed by atoms with van der Waals surface area (Å²) >= 11 is 2.00. The van der Waals surface area contributed by atoms with Gasteiger partial charge in [0.1, 0.15) is 7.95 Å². The first-order valence-electron chi connectivity index (χ1n) is 4.02. The van der Waals surface area contributed by atoms with Gasteiger partial charge in [-0.25, -0.2) is 0 Å². The van der Waals surface area contributed by atoms with Gasteiger partial charge in [0, 0.05) is 5.75 Å². The summed E-state index contributed by atoms with van der Waals surface area (Å²) in [5.41, 5.74) is 1.66. The first-order chi connectivity index (χ1) is 5.09. The molecule has 0 aliphatic rings. The summed E-state index contributed by atoms with van der Waals surface area (Å²) in [7, 11) is -0.267. The lowest BCUT2D eigenvalue weighted by atomic mass is 10.5. The Kier molecular flexibility index (Phi) is 5.80. The van der Waals surface area contributed by atoms with E-state index in [0.717, 1.165) is 16.8 Å². The van der Waals surface area contributed by atoms with Crippen molar-refractivity contribution in [3.63, 3.8) is 0 Å². The van der Waals surface area contributed by atoms with E-state index in [0.29, 0.717) is 0 Å². The average Bonchev–Trinajstić information content (AvgIpc) is 1.87. The summed E-state index contributed by atoms with van der Waals surface area (Å²) in [5, 5.41) is 0. The van der Waals surface area contributed by atoms with Crippen molar-refractivity contribution in [2.75, 3.05) is 5.75 Å². The van der Waals surface area contributed by atoms with Gasteiger partial charge in [-0.1, -0.05) is 33.6 Å². The van der Waals surface area contributed by atoms with Crippen LogP contribution in [0.5, 0.6) is 0 Å². The van der Waals surface area contributed by atoms with Crippen molar-refractivity contribution in [1.29, 1.82) is 0 Å². The Balaban J connectivity index is 3.82. The third-order valence-electron chi connectivity index (χ3n) is 1.46. The predicted molar refractivity (Wildman–Crippen MR) is 57.2 cm³/mol.